The topological polar surface area (TPSA) is 58.9 Å². The van der Waals surface area contributed by atoms with Crippen molar-refractivity contribution in [3.8, 4) is 5.75 Å². The average Bonchev–Trinajstić information content (AvgIpc) is 2.53. The minimum absolute atomic E-state index is 0.00520. The Balaban J connectivity index is 2.63. The third-order valence-corrected chi connectivity index (χ3v) is 3.16. The van der Waals surface area contributed by atoms with Gasteiger partial charge in [0.2, 0.25) is 0 Å². The quantitative estimate of drug-likeness (QED) is 0.502. The summed E-state index contributed by atoms with van der Waals surface area (Å²) in [5.41, 5.74) is 1.55. The Morgan fingerprint density at radius 3 is 2.05 bits per heavy atom. The summed E-state index contributed by atoms with van der Waals surface area (Å²) in [5.74, 6) is -0.0811. The zero-order chi connectivity index (χ0) is 15.2. The highest BCUT2D eigenvalue weighted by Gasteiger charge is 2.22. The Morgan fingerprint density at radius 1 is 0.905 bits per heavy atom. The highest BCUT2D eigenvalue weighted by Crippen LogP contribution is 2.32. The maximum absolute atomic E-state index is 10.6. The van der Waals surface area contributed by atoms with Crippen molar-refractivity contribution in [2.45, 2.75) is 6.29 Å². The lowest BCUT2D eigenvalue weighted by molar-refractivity contribution is -0.0592. The highest BCUT2D eigenvalue weighted by molar-refractivity contribution is 5.89. The summed E-state index contributed by atoms with van der Waals surface area (Å²) >= 11 is 0. The number of hydrogen-bond acceptors (Lipinski definition) is 4. The number of benzene rings is 2. The van der Waals surface area contributed by atoms with Gasteiger partial charge in [-0.1, -0.05) is 42.5 Å². The van der Waals surface area contributed by atoms with Crippen molar-refractivity contribution in [3.63, 3.8) is 0 Å². The van der Waals surface area contributed by atoms with Crippen LogP contribution in [0, 0.1) is 0 Å². The fourth-order valence-corrected chi connectivity index (χ4v) is 2.15. The molecule has 0 aliphatic carbocycles. The molecule has 0 saturated carbocycles. The lowest BCUT2D eigenvalue weighted by atomic mass is 10.00. The number of aromatic hydroxyl groups is 1. The fraction of sp³-hybridized carbons (Fsp3) is 0.176. The lowest BCUT2D eigenvalue weighted by Crippen LogP contribution is -2.17. The Hall–Kier alpha value is -2.30. The minimum atomic E-state index is -0.744. The van der Waals surface area contributed by atoms with Gasteiger partial charge < -0.3 is 19.7 Å². The van der Waals surface area contributed by atoms with Gasteiger partial charge in [-0.3, -0.25) is 0 Å². The van der Waals surface area contributed by atoms with E-state index in [1.165, 1.54) is 20.3 Å². The molecule has 0 heterocycles. The summed E-state index contributed by atoms with van der Waals surface area (Å²) in [6.07, 6.45) is -0.744. The van der Waals surface area contributed by atoms with E-state index in [1.54, 1.807) is 18.2 Å². The Bertz CT molecular complexity index is 616. The Morgan fingerprint density at radius 2 is 1.48 bits per heavy atom. The molecule has 0 radical (unpaired) electrons. The number of ether oxygens (including phenoxy) is 2. The van der Waals surface area contributed by atoms with Gasteiger partial charge in [-0.25, -0.2) is 0 Å². The van der Waals surface area contributed by atoms with Crippen LogP contribution in [-0.2, 0) is 9.47 Å². The molecule has 0 atom stereocenters. The zero-order valence-electron chi connectivity index (χ0n) is 12.0. The van der Waals surface area contributed by atoms with Gasteiger partial charge in [0.05, 0.1) is 11.1 Å². The summed E-state index contributed by atoms with van der Waals surface area (Å²) < 4.78 is 10.6. The molecule has 0 spiro atoms. The summed E-state index contributed by atoms with van der Waals surface area (Å²) in [6.45, 7) is 0. The van der Waals surface area contributed by atoms with Crippen LogP contribution >= 0.6 is 0 Å². The molecule has 21 heavy (non-hydrogen) atoms. The van der Waals surface area contributed by atoms with E-state index >= 15 is 0 Å². The molecule has 4 nitrogen and oxygen atoms in total. The number of phenols is 1. The number of aliphatic hydroxyl groups excluding tert-OH is 1. The number of para-hydroxylation sites is 1. The van der Waals surface area contributed by atoms with Gasteiger partial charge in [0.25, 0.3) is 0 Å². The predicted octanol–water partition coefficient (Wildman–Crippen LogP) is 3.44. The van der Waals surface area contributed by atoms with Crippen LogP contribution in [0.15, 0.2) is 54.6 Å². The van der Waals surface area contributed by atoms with Crippen molar-refractivity contribution in [2.24, 2.45) is 0 Å². The minimum Gasteiger partial charge on any atom is -0.507 e. The van der Waals surface area contributed by atoms with E-state index in [0.717, 1.165) is 5.56 Å². The van der Waals surface area contributed by atoms with Crippen LogP contribution in [0.4, 0.5) is 0 Å². The molecule has 0 unspecified atom stereocenters. The second kappa shape index (κ2) is 6.92. The molecule has 110 valence electrons. The molecule has 2 rings (SSSR count). The normalized spacial score (nSPS) is 12.3. The molecule has 0 aliphatic rings. The summed E-state index contributed by atoms with van der Waals surface area (Å²) in [7, 11) is 2.99. The third kappa shape index (κ3) is 3.24. The lowest BCUT2D eigenvalue weighted by Gasteiger charge is -2.20. The van der Waals surface area contributed by atoms with Crippen LogP contribution in [-0.4, -0.2) is 30.7 Å². The number of phenolic OH excluding ortho intramolecular Hbond substituents is 1. The van der Waals surface area contributed by atoms with Gasteiger partial charge in [0.1, 0.15) is 11.5 Å². The first-order chi connectivity index (χ1) is 10.2. The van der Waals surface area contributed by atoms with Crippen molar-refractivity contribution < 1.29 is 19.7 Å². The first kappa shape index (κ1) is 15.1. The van der Waals surface area contributed by atoms with E-state index in [1.807, 2.05) is 30.3 Å². The number of hydrogen-bond donors (Lipinski definition) is 2. The molecular formula is C17H18O4. The van der Waals surface area contributed by atoms with Crippen molar-refractivity contribution in [3.05, 3.63) is 65.7 Å². The van der Waals surface area contributed by atoms with Gasteiger partial charge >= 0.3 is 0 Å². The predicted molar refractivity (Wildman–Crippen MR) is 81.8 cm³/mol. The molecule has 0 aromatic heterocycles. The standard InChI is InChI=1S/C17H18O4/c1-20-17(21-2)15(12-8-4-3-5-9-12)16(19)13-10-6-7-11-14(13)18/h3-11,17-19H,1-2H3/b16-15+. The first-order valence-corrected chi connectivity index (χ1v) is 6.51. The highest BCUT2D eigenvalue weighted by atomic mass is 16.7. The molecule has 0 aliphatic heterocycles. The van der Waals surface area contributed by atoms with Gasteiger partial charge in [-0.15, -0.1) is 0 Å². The van der Waals surface area contributed by atoms with Crippen LogP contribution < -0.4 is 0 Å². The van der Waals surface area contributed by atoms with Crippen LogP contribution in [0.1, 0.15) is 11.1 Å². The van der Waals surface area contributed by atoms with E-state index in [9.17, 15) is 10.2 Å². The molecule has 2 N–H and O–H groups in total. The Labute approximate surface area is 123 Å². The largest absolute Gasteiger partial charge is 0.507 e. The summed E-state index contributed by atoms with van der Waals surface area (Å²) in [6, 6.07) is 15.9. The Kier molecular flexibility index (Phi) is 4.98. The van der Waals surface area contributed by atoms with E-state index < -0.39 is 6.29 Å². The second-order valence-electron chi connectivity index (χ2n) is 4.45. The van der Waals surface area contributed by atoms with E-state index in [-0.39, 0.29) is 11.5 Å². The van der Waals surface area contributed by atoms with E-state index in [2.05, 4.69) is 0 Å². The molecule has 2 aromatic rings. The molecule has 0 bridgehead atoms. The SMILES string of the molecule is COC(OC)/C(=C(/O)c1ccccc1O)c1ccccc1. The molecule has 4 heteroatoms. The average molecular weight is 286 g/mol. The number of methoxy groups -OCH3 is 2. The smallest absolute Gasteiger partial charge is 0.187 e. The van der Waals surface area contributed by atoms with Crippen molar-refractivity contribution in [2.75, 3.05) is 14.2 Å². The molecule has 2 aromatic carbocycles. The molecule has 0 saturated heterocycles. The van der Waals surface area contributed by atoms with Gasteiger partial charge in [0, 0.05) is 14.2 Å². The number of aliphatic hydroxyl groups is 1. The van der Waals surface area contributed by atoms with Crippen LogP contribution in [0.25, 0.3) is 11.3 Å². The van der Waals surface area contributed by atoms with Gasteiger partial charge in [-0.05, 0) is 17.7 Å². The van der Waals surface area contributed by atoms with Crippen molar-refractivity contribution in [1.29, 1.82) is 0 Å². The molecule has 0 amide bonds. The monoisotopic (exact) mass is 286 g/mol. The maximum atomic E-state index is 10.6. The number of rotatable bonds is 5. The third-order valence-electron chi connectivity index (χ3n) is 3.16. The van der Waals surface area contributed by atoms with Crippen LogP contribution in [0.2, 0.25) is 0 Å². The zero-order valence-corrected chi connectivity index (χ0v) is 12.0. The van der Waals surface area contributed by atoms with Crippen molar-refractivity contribution in [1.82, 2.24) is 0 Å². The summed E-state index contributed by atoms with van der Waals surface area (Å²) in [4.78, 5) is 0. The second-order valence-corrected chi connectivity index (χ2v) is 4.45. The first-order valence-electron chi connectivity index (χ1n) is 6.51. The molecular weight excluding hydrogens is 268 g/mol. The maximum Gasteiger partial charge on any atom is 0.187 e. The van der Waals surface area contributed by atoms with Gasteiger partial charge in [-0.2, -0.15) is 0 Å². The van der Waals surface area contributed by atoms with Crippen molar-refractivity contribution >= 4 is 11.3 Å². The summed E-state index contributed by atoms with van der Waals surface area (Å²) in [5, 5.41) is 20.5. The van der Waals surface area contributed by atoms with E-state index in [0.29, 0.717) is 11.1 Å². The van der Waals surface area contributed by atoms with E-state index in [4.69, 9.17) is 9.47 Å². The fourth-order valence-electron chi connectivity index (χ4n) is 2.15. The van der Waals surface area contributed by atoms with Crippen LogP contribution in [0.5, 0.6) is 5.75 Å². The van der Waals surface area contributed by atoms with Gasteiger partial charge in [0.15, 0.2) is 6.29 Å². The molecule has 0 fully saturated rings. The van der Waals surface area contributed by atoms with Crippen LogP contribution in [0.3, 0.4) is 0 Å².